The van der Waals surface area contributed by atoms with Crippen LogP contribution < -0.4 is 10.1 Å². The minimum absolute atomic E-state index is 0.0422. The van der Waals surface area contributed by atoms with E-state index in [1.807, 2.05) is 0 Å². The minimum atomic E-state index is -4.52. The number of rotatable bonds is 7. The third-order valence-electron chi connectivity index (χ3n) is 6.23. The van der Waals surface area contributed by atoms with Gasteiger partial charge in [-0.05, 0) is 45.0 Å². The summed E-state index contributed by atoms with van der Waals surface area (Å²) in [5.74, 6) is -3.38. The summed E-state index contributed by atoms with van der Waals surface area (Å²) >= 11 is 0. The summed E-state index contributed by atoms with van der Waals surface area (Å²) < 4.78 is 66.3. The van der Waals surface area contributed by atoms with Gasteiger partial charge in [-0.25, -0.2) is 22.0 Å². The van der Waals surface area contributed by atoms with Gasteiger partial charge in [-0.1, -0.05) is 0 Å². The van der Waals surface area contributed by atoms with E-state index in [-0.39, 0.29) is 35.0 Å². The first-order valence-electron chi connectivity index (χ1n) is 11.6. The van der Waals surface area contributed by atoms with Crippen LogP contribution in [0.3, 0.4) is 0 Å². The normalized spacial score (nSPS) is 14.4. The molecule has 1 aliphatic heterocycles. The van der Waals surface area contributed by atoms with Gasteiger partial charge in [0.15, 0.2) is 0 Å². The molecule has 0 fully saturated rings. The Labute approximate surface area is 226 Å². The van der Waals surface area contributed by atoms with E-state index in [0.717, 1.165) is 21.1 Å². The van der Waals surface area contributed by atoms with Crippen LogP contribution in [0, 0.1) is 21.7 Å². The Morgan fingerprint density at radius 2 is 1.82 bits per heavy atom. The number of ether oxygens (including phenoxy) is 2. The average molecular weight is 580 g/mol. The number of amides is 1. The highest BCUT2D eigenvalue weighted by Gasteiger charge is 2.49. The number of nitro benzene ring substituents is 1. The van der Waals surface area contributed by atoms with Crippen LogP contribution in [0.2, 0.25) is 0 Å². The van der Waals surface area contributed by atoms with E-state index in [2.05, 4.69) is 10.4 Å². The van der Waals surface area contributed by atoms with E-state index in [9.17, 15) is 36.9 Å². The van der Waals surface area contributed by atoms with Crippen molar-refractivity contribution in [2.24, 2.45) is 0 Å². The van der Waals surface area contributed by atoms with E-state index in [0.29, 0.717) is 18.2 Å². The number of nitrogens with zero attached hydrogens (tertiary/aromatic N) is 4. The first kappa shape index (κ1) is 28.6. The Hall–Kier alpha value is -4.44. The number of sulfonamides is 1. The van der Waals surface area contributed by atoms with Gasteiger partial charge in [0.1, 0.15) is 28.8 Å². The zero-order valence-electron chi connectivity index (χ0n) is 21.6. The number of hydrogen-bond donors (Lipinski definition) is 1. The number of carbonyl (C=O) groups is 2. The van der Waals surface area contributed by atoms with E-state index < -0.39 is 61.2 Å². The Morgan fingerprint density at radius 3 is 2.40 bits per heavy atom. The highest BCUT2D eigenvalue weighted by atomic mass is 32.2. The van der Waals surface area contributed by atoms with Crippen molar-refractivity contribution in [2.75, 3.05) is 19.0 Å². The van der Waals surface area contributed by atoms with E-state index >= 15 is 0 Å². The van der Waals surface area contributed by atoms with Crippen molar-refractivity contribution in [3.05, 3.63) is 75.0 Å². The molecule has 16 heteroatoms. The molecule has 40 heavy (non-hydrogen) atoms. The SMILES string of the molecule is CCOC(=O)n1nc2c(c1NC(=O)c1ccc(OC)cc1[N+](=O)[O-])CN(S(=O)(=O)c1cc(F)cc(F)c1)C2(C)C. The molecule has 0 saturated heterocycles. The van der Waals surface area contributed by atoms with Gasteiger partial charge in [-0.2, -0.15) is 9.40 Å². The first-order chi connectivity index (χ1) is 18.7. The maximum atomic E-state index is 13.9. The molecule has 1 amide bonds. The molecule has 0 radical (unpaired) electrons. The van der Waals surface area contributed by atoms with Gasteiger partial charge < -0.3 is 14.8 Å². The third kappa shape index (κ3) is 4.86. The highest BCUT2D eigenvalue weighted by Crippen LogP contribution is 2.45. The van der Waals surface area contributed by atoms with Crippen molar-refractivity contribution in [3.8, 4) is 5.75 Å². The number of aromatic nitrogens is 2. The van der Waals surface area contributed by atoms with Crippen LogP contribution in [0.5, 0.6) is 5.75 Å². The molecular formula is C24H23F2N5O8S. The van der Waals surface area contributed by atoms with Gasteiger partial charge in [-0.15, -0.1) is 4.68 Å². The maximum absolute atomic E-state index is 13.9. The second kappa shape index (κ2) is 10.3. The van der Waals surface area contributed by atoms with Crippen LogP contribution in [0.1, 0.15) is 42.4 Å². The van der Waals surface area contributed by atoms with Gasteiger partial charge in [-0.3, -0.25) is 14.9 Å². The molecule has 0 unspecified atom stereocenters. The number of halogens is 2. The summed E-state index contributed by atoms with van der Waals surface area (Å²) in [7, 11) is -3.23. The van der Waals surface area contributed by atoms with Crippen molar-refractivity contribution in [1.29, 1.82) is 0 Å². The van der Waals surface area contributed by atoms with Gasteiger partial charge in [0.05, 0.1) is 40.8 Å². The lowest BCUT2D eigenvalue weighted by atomic mass is 10.0. The fourth-order valence-electron chi connectivity index (χ4n) is 4.34. The number of fused-ring (bicyclic) bond motifs is 1. The number of anilines is 1. The molecule has 4 rings (SSSR count). The maximum Gasteiger partial charge on any atom is 0.436 e. The second-order valence-corrected chi connectivity index (χ2v) is 10.9. The number of benzene rings is 2. The number of hydrogen-bond acceptors (Lipinski definition) is 9. The molecule has 1 aromatic heterocycles. The summed E-state index contributed by atoms with van der Waals surface area (Å²) in [5, 5.41) is 18.2. The Bertz CT molecular complexity index is 1630. The van der Waals surface area contributed by atoms with Crippen molar-refractivity contribution in [2.45, 2.75) is 37.8 Å². The van der Waals surface area contributed by atoms with Crippen LogP contribution in [0.15, 0.2) is 41.3 Å². The highest BCUT2D eigenvalue weighted by molar-refractivity contribution is 7.89. The predicted molar refractivity (Wildman–Crippen MR) is 134 cm³/mol. The van der Waals surface area contributed by atoms with E-state index in [4.69, 9.17) is 9.47 Å². The van der Waals surface area contributed by atoms with Crippen LogP contribution in [0.4, 0.5) is 25.1 Å². The summed E-state index contributed by atoms with van der Waals surface area (Å²) in [6.45, 7) is 3.91. The predicted octanol–water partition coefficient (Wildman–Crippen LogP) is 3.77. The number of nitrogens with one attached hydrogen (secondary N) is 1. The van der Waals surface area contributed by atoms with Crippen molar-refractivity contribution >= 4 is 33.5 Å². The molecule has 0 aliphatic carbocycles. The van der Waals surface area contributed by atoms with Crippen molar-refractivity contribution in [3.63, 3.8) is 0 Å². The monoisotopic (exact) mass is 579 g/mol. The Morgan fingerprint density at radius 1 is 1.18 bits per heavy atom. The summed E-state index contributed by atoms with van der Waals surface area (Å²) in [6, 6.07) is 5.36. The van der Waals surface area contributed by atoms with E-state index in [1.54, 1.807) is 0 Å². The molecule has 0 bridgehead atoms. The average Bonchev–Trinajstić information content (AvgIpc) is 3.37. The lowest BCUT2D eigenvalue weighted by Gasteiger charge is -2.30. The standard InChI is InChI=1S/C24H23F2N5O8S/c1-5-39-23(33)30-21(27-22(32)17-7-6-15(38-4)11-19(17)31(34)35)18-12-29(24(2,3)20(18)28-30)40(36,37)16-9-13(25)8-14(26)10-16/h6-11H,5,12H2,1-4H3,(H,27,32). The molecule has 2 heterocycles. The lowest BCUT2D eigenvalue weighted by molar-refractivity contribution is -0.385. The summed E-state index contributed by atoms with van der Waals surface area (Å²) in [5.41, 5.74) is -2.33. The minimum Gasteiger partial charge on any atom is -0.497 e. The zero-order valence-corrected chi connectivity index (χ0v) is 22.4. The first-order valence-corrected chi connectivity index (χ1v) is 13.1. The molecule has 2 aromatic carbocycles. The van der Waals surface area contributed by atoms with Gasteiger partial charge in [0, 0.05) is 18.2 Å². The molecule has 3 aromatic rings. The second-order valence-electron chi connectivity index (χ2n) is 9.06. The molecule has 1 N–H and O–H groups in total. The van der Waals surface area contributed by atoms with Gasteiger partial charge in [0.2, 0.25) is 10.0 Å². The Balaban J connectivity index is 1.81. The quantitative estimate of drug-likeness (QED) is 0.324. The topological polar surface area (TPSA) is 163 Å². The molecule has 212 valence electrons. The summed E-state index contributed by atoms with van der Waals surface area (Å²) in [6.07, 6.45) is -1.01. The lowest BCUT2D eigenvalue weighted by Crippen LogP contribution is -2.41. The van der Waals surface area contributed by atoms with Gasteiger partial charge in [0.25, 0.3) is 11.6 Å². The summed E-state index contributed by atoms with van der Waals surface area (Å²) in [4.78, 5) is 36.1. The van der Waals surface area contributed by atoms with E-state index in [1.165, 1.54) is 33.9 Å². The molecule has 0 atom stereocenters. The third-order valence-corrected chi connectivity index (χ3v) is 8.23. The van der Waals surface area contributed by atoms with Crippen molar-refractivity contribution < 1.29 is 41.2 Å². The smallest absolute Gasteiger partial charge is 0.436 e. The van der Waals surface area contributed by atoms with Gasteiger partial charge >= 0.3 is 6.09 Å². The number of carbonyl (C=O) groups excluding carboxylic acids is 2. The number of nitro groups is 1. The molecular weight excluding hydrogens is 556 g/mol. The van der Waals surface area contributed by atoms with Crippen LogP contribution >= 0.6 is 0 Å². The number of methoxy groups -OCH3 is 1. The molecule has 13 nitrogen and oxygen atoms in total. The van der Waals surface area contributed by atoms with Crippen LogP contribution in [-0.2, 0) is 26.8 Å². The molecule has 1 aliphatic rings. The van der Waals surface area contributed by atoms with Crippen molar-refractivity contribution in [1.82, 2.24) is 14.1 Å². The Kier molecular flexibility index (Phi) is 7.33. The fraction of sp³-hybridized carbons (Fsp3) is 0.292. The fourth-order valence-corrected chi connectivity index (χ4v) is 6.11. The molecule has 0 spiro atoms. The largest absolute Gasteiger partial charge is 0.497 e. The molecule has 0 saturated carbocycles. The zero-order chi connectivity index (χ0) is 29.6. The van der Waals surface area contributed by atoms with Crippen LogP contribution in [-0.4, -0.2) is 53.1 Å². The van der Waals surface area contributed by atoms with Crippen LogP contribution in [0.25, 0.3) is 0 Å².